The number of amides is 1. The summed E-state index contributed by atoms with van der Waals surface area (Å²) in [6.45, 7) is 2.07. The first-order valence-electron chi connectivity index (χ1n) is 8.43. The number of carbonyl (C=O) groups excluding carboxylic acids is 1. The lowest BCUT2D eigenvalue weighted by Crippen LogP contribution is -2.49. The Morgan fingerprint density at radius 2 is 2.07 bits per heavy atom. The van der Waals surface area contributed by atoms with Crippen LogP contribution in [0.15, 0.2) is 49.1 Å². The number of aromatic nitrogens is 4. The molecule has 7 nitrogen and oxygen atoms in total. The van der Waals surface area contributed by atoms with Gasteiger partial charge in [-0.1, -0.05) is 11.6 Å². The highest BCUT2D eigenvalue weighted by Crippen LogP contribution is 2.23. The van der Waals surface area contributed by atoms with E-state index in [0.717, 1.165) is 18.1 Å². The summed E-state index contributed by atoms with van der Waals surface area (Å²) in [4.78, 5) is 19.4. The van der Waals surface area contributed by atoms with Gasteiger partial charge < -0.3 is 14.8 Å². The van der Waals surface area contributed by atoms with Crippen LogP contribution in [0.1, 0.15) is 22.2 Å². The molecule has 0 aliphatic carbocycles. The molecule has 1 aliphatic heterocycles. The second-order valence-corrected chi connectivity index (χ2v) is 6.70. The number of nitrogens with zero attached hydrogens (tertiary/aromatic N) is 5. The number of aryl methyl sites for hydroxylation is 1. The summed E-state index contributed by atoms with van der Waals surface area (Å²) >= 11 is 5.93. The lowest BCUT2D eigenvalue weighted by atomic mass is 10.1. The molecule has 4 rings (SSSR count). The molecule has 1 N–H and O–H groups in total. The minimum Gasteiger partial charge on any atom is -0.336 e. The van der Waals surface area contributed by atoms with Crippen LogP contribution in [0.25, 0.3) is 5.69 Å². The Labute approximate surface area is 168 Å². The van der Waals surface area contributed by atoms with Crippen molar-refractivity contribution in [1.29, 1.82) is 0 Å². The zero-order valence-corrected chi connectivity index (χ0v) is 16.3. The predicted octanol–water partition coefficient (Wildman–Crippen LogP) is 2.47. The summed E-state index contributed by atoms with van der Waals surface area (Å²) < 4.78 is 3.64. The minimum atomic E-state index is -0.102. The second kappa shape index (κ2) is 8.12. The Kier molecular flexibility index (Phi) is 5.84. The summed E-state index contributed by atoms with van der Waals surface area (Å²) in [7, 11) is 1.94. The number of nitrogens with one attached hydrogen (secondary N) is 1. The number of hydrogen-bond acceptors (Lipinski definition) is 4. The van der Waals surface area contributed by atoms with Crippen LogP contribution >= 0.6 is 24.0 Å². The zero-order chi connectivity index (χ0) is 18.1. The fourth-order valence-corrected chi connectivity index (χ4v) is 3.34. The lowest BCUT2D eigenvalue weighted by Gasteiger charge is -2.35. The Morgan fingerprint density at radius 1 is 1.30 bits per heavy atom. The smallest absolute Gasteiger partial charge is 0.257 e. The SMILES string of the molecule is Cl.Cn1ccnc1C1CNCCN1C(=O)c1cnn(-c2ccc(Cl)cc2)c1. The second-order valence-electron chi connectivity index (χ2n) is 6.26. The van der Waals surface area contributed by atoms with Gasteiger partial charge in [0.25, 0.3) is 5.91 Å². The van der Waals surface area contributed by atoms with Gasteiger partial charge in [0.1, 0.15) is 11.9 Å². The van der Waals surface area contributed by atoms with Crippen molar-refractivity contribution in [2.45, 2.75) is 6.04 Å². The Balaban J connectivity index is 0.00000210. The molecule has 1 unspecified atom stereocenters. The Morgan fingerprint density at radius 3 is 2.78 bits per heavy atom. The average Bonchev–Trinajstić information content (AvgIpc) is 3.31. The van der Waals surface area contributed by atoms with Gasteiger partial charge in [0, 0.05) is 50.3 Å². The first kappa shape index (κ1) is 19.4. The third kappa shape index (κ3) is 3.85. The van der Waals surface area contributed by atoms with Crippen molar-refractivity contribution in [1.82, 2.24) is 29.5 Å². The molecule has 0 saturated carbocycles. The van der Waals surface area contributed by atoms with Gasteiger partial charge in [-0.05, 0) is 24.3 Å². The molecule has 9 heteroatoms. The van der Waals surface area contributed by atoms with Crippen molar-refractivity contribution < 1.29 is 4.79 Å². The van der Waals surface area contributed by atoms with Crippen molar-refractivity contribution >= 4 is 29.9 Å². The first-order valence-corrected chi connectivity index (χ1v) is 8.81. The van der Waals surface area contributed by atoms with Crippen molar-refractivity contribution in [3.63, 3.8) is 0 Å². The molecule has 2 aromatic heterocycles. The maximum atomic E-state index is 13.1. The van der Waals surface area contributed by atoms with Crippen molar-refractivity contribution in [3.05, 3.63) is 65.5 Å². The Hall–Kier alpha value is -2.35. The number of piperazine rings is 1. The predicted molar refractivity (Wildman–Crippen MR) is 106 cm³/mol. The van der Waals surface area contributed by atoms with E-state index in [1.807, 2.05) is 34.8 Å². The third-order valence-corrected chi connectivity index (χ3v) is 4.83. The first-order chi connectivity index (χ1) is 12.6. The lowest BCUT2D eigenvalue weighted by molar-refractivity contribution is 0.0621. The highest BCUT2D eigenvalue weighted by Gasteiger charge is 2.31. The monoisotopic (exact) mass is 406 g/mol. The van der Waals surface area contributed by atoms with E-state index in [9.17, 15) is 4.79 Å². The largest absolute Gasteiger partial charge is 0.336 e. The zero-order valence-electron chi connectivity index (χ0n) is 14.7. The van der Waals surface area contributed by atoms with Crippen LogP contribution in [0.2, 0.25) is 5.02 Å². The summed E-state index contributed by atoms with van der Waals surface area (Å²) in [5, 5.41) is 8.33. The highest BCUT2D eigenvalue weighted by atomic mass is 35.5. The van der Waals surface area contributed by atoms with E-state index >= 15 is 0 Å². The minimum absolute atomic E-state index is 0. The van der Waals surface area contributed by atoms with Gasteiger partial charge in [-0.3, -0.25) is 4.79 Å². The van der Waals surface area contributed by atoms with E-state index < -0.39 is 0 Å². The summed E-state index contributed by atoms with van der Waals surface area (Å²) in [5.41, 5.74) is 1.41. The molecule has 1 aliphatic rings. The molecular formula is C18H20Cl2N6O. The quantitative estimate of drug-likeness (QED) is 0.725. The van der Waals surface area contributed by atoms with Crippen LogP contribution < -0.4 is 5.32 Å². The summed E-state index contributed by atoms with van der Waals surface area (Å²) in [6, 6.07) is 7.23. The average molecular weight is 407 g/mol. The number of imidazole rings is 1. The number of carbonyl (C=O) groups is 1. The van der Waals surface area contributed by atoms with E-state index in [-0.39, 0.29) is 24.4 Å². The number of hydrogen-bond donors (Lipinski definition) is 1. The van der Waals surface area contributed by atoms with Gasteiger partial charge >= 0.3 is 0 Å². The van der Waals surface area contributed by atoms with Crippen LogP contribution in [-0.4, -0.2) is 49.8 Å². The topological polar surface area (TPSA) is 68.0 Å². The van der Waals surface area contributed by atoms with Crippen LogP contribution in [0.4, 0.5) is 0 Å². The van der Waals surface area contributed by atoms with Crippen LogP contribution in [-0.2, 0) is 7.05 Å². The molecule has 1 aromatic carbocycles. The summed E-state index contributed by atoms with van der Waals surface area (Å²) in [6.07, 6.45) is 7.01. The molecule has 3 aromatic rings. The molecule has 142 valence electrons. The molecule has 0 bridgehead atoms. The van der Waals surface area contributed by atoms with Crippen LogP contribution in [0.5, 0.6) is 0 Å². The van der Waals surface area contributed by atoms with Crippen LogP contribution in [0, 0.1) is 0 Å². The van der Waals surface area contributed by atoms with Gasteiger partial charge in [-0.25, -0.2) is 9.67 Å². The number of halogens is 2. The summed E-state index contributed by atoms with van der Waals surface area (Å²) in [5.74, 6) is 0.829. The van der Waals surface area contributed by atoms with Gasteiger partial charge in [-0.15, -0.1) is 12.4 Å². The molecule has 0 radical (unpaired) electrons. The standard InChI is InChI=1S/C18H19ClN6O.ClH/c1-23-8-7-21-17(23)16-11-20-6-9-24(16)18(26)13-10-22-25(12-13)15-4-2-14(19)3-5-15;/h2-5,7-8,10,12,16,20H,6,9,11H2,1H3;1H. The van der Waals surface area contributed by atoms with Gasteiger partial charge in [-0.2, -0.15) is 5.10 Å². The molecule has 3 heterocycles. The van der Waals surface area contributed by atoms with E-state index in [0.29, 0.717) is 23.7 Å². The molecule has 1 amide bonds. The van der Waals surface area contributed by atoms with Gasteiger partial charge in [0.05, 0.1) is 17.4 Å². The molecule has 1 atom stereocenters. The van der Waals surface area contributed by atoms with Gasteiger partial charge in [0.15, 0.2) is 0 Å². The molecule has 27 heavy (non-hydrogen) atoms. The van der Waals surface area contributed by atoms with Crippen LogP contribution in [0.3, 0.4) is 0 Å². The fourth-order valence-electron chi connectivity index (χ4n) is 3.21. The van der Waals surface area contributed by atoms with Gasteiger partial charge in [0.2, 0.25) is 0 Å². The molecule has 1 saturated heterocycles. The maximum Gasteiger partial charge on any atom is 0.257 e. The van der Waals surface area contributed by atoms with E-state index in [4.69, 9.17) is 11.6 Å². The van der Waals surface area contributed by atoms with E-state index in [2.05, 4.69) is 15.4 Å². The van der Waals surface area contributed by atoms with E-state index in [1.54, 1.807) is 35.4 Å². The normalized spacial score (nSPS) is 16.8. The van der Waals surface area contributed by atoms with Crippen molar-refractivity contribution in [2.24, 2.45) is 7.05 Å². The number of rotatable bonds is 3. The van der Waals surface area contributed by atoms with Crippen molar-refractivity contribution in [3.8, 4) is 5.69 Å². The Bertz CT molecular complexity index is 920. The van der Waals surface area contributed by atoms with Crippen molar-refractivity contribution in [2.75, 3.05) is 19.6 Å². The molecule has 0 spiro atoms. The molecular weight excluding hydrogens is 387 g/mol. The highest BCUT2D eigenvalue weighted by molar-refractivity contribution is 6.30. The number of benzene rings is 1. The molecule has 1 fully saturated rings. The maximum absolute atomic E-state index is 13.1. The third-order valence-electron chi connectivity index (χ3n) is 4.58. The van der Waals surface area contributed by atoms with E-state index in [1.165, 1.54) is 0 Å². The fraction of sp³-hybridized carbons (Fsp3) is 0.278.